The number of aryl methyl sites for hydroxylation is 1. The van der Waals surface area contributed by atoms with Gasteiger partial charge in [-0.2, -0.15) is 5.26 Å². The van der Waals surface area contributed by atoms with E-state index in [1.54, 1.807) is 24.3 Å². The maximum atomic E-state index is 10.9. The largest absolute Gasteiger partial charge is 0.489 e. The first-order valence-corrected chi connectivity index (χ1v) is 6.80. The van der Waals surface area contributed by atoms with Crippen molar-refractivity contribution in [2.75, 3.05) is 0 Å². The number of carbonyl (C=O) groups is 1. The molecule has 2 rings (SSSR count). The summed E-state index contributed by atoms with van der Waals surface area (Å²) in [7, 11) is 0. The summed E-state index contributed by atoms with van der Waals surface area (Å²) in [5.74, 6) is 0.638. The Morgan fingerprint density at radius 1 is 1.30 bits per heavy atom. The lowest BCUT2D eigenvalue weighted by Crippen LogP contribution is -1.99. The monoisotopic (exact) mass is 329 g/mol. The van der Waals surface area contributed by atoms with Gasteiger partial charge in [-0.05, 0) is 48.4 Å². The van der Waals surface area contributed by atoms with E-state index < -0.39 is 0 Å². The number of rotatable bonds is 4. The third-order valence-electron chi connectivity index (χ3n) is 2.96. The summed E-state index contributed by atoms with van der Waals surface area (Å²) in [5.41, 5.74) is 3.22. The Morgan fingerprint density at radius 2 is 2.10 bits per heavy atom. The van der Waals surface area contributed by atoms with Crippen LogP contribution in [0.4, 0.5) is 0 Å². The van der Waals surface area contributed by atoms with Gasteiger partial charge in [0.25, 0.3) is 0 Å². The van der Waals surface area contributed by atoms with E-state index in [1.165, 1.54) is 0 Å². The molecule has 0 aromatic heterocycles. The summed E-state index contributed by atoms with van der Waals surface area (Å²) in [6.45, 7) is 2.34. The van der Waals surface area contributed by atoms with Gasteiger partial charge in [0.1, 0.15) is 12.4 Å². The summed E-state index contributed by atoms with van der Waals surface area (Å²) >= 11 is 3.30. The zero-order valence-electron chi connectivity index (χ0n) is 10.9. The molecular weight excluding hydrogens is 318 g/mol. The SMILES string of the molecule is Cc1cc(C#N)ccc1COc1ccc(Br)c(C=O)c1. The van der Waals surface area contributed by atoms with Crippen molar-refractivity contribution in [3.63, 3.8) is 0 Å². The molecule has 100 valence electrons. The fraction of sp³-hybridized carbons (Fsp3) is 0.125. The molecule has 0 aliphatic rings. The zero-order chi connectivity index (χ0) is 14.5. The van der Waals surface area contributed by atoms with Crippen LogP contribution in [0.3, 0.4) is 0 Å². The Morgan fingerprint density at radius 3 is 2.75 bits per heavy atom. The standard InChI is InChI=1S/C16H12BrNO2/c1-11-6-12(8-18)2-3-13(11)10-20-15-4-5-16(17)14(7-15)9-19/h2-7,9H,10H2,1H3. The van der Waals surface area contributed by atoms with E-state index in [0.717, 1.165) is 21.9 Å². The van der Waals surface area contributed by atoms with Gasteiger partial charge in [0.2, 0.25) is 0 Å². The molecule has 2 aromatic rings. The van der Waals surface area contributed by atoms with Crippen molar-refractivity contribution in [3.05, 3.63) is 63.1 Å². The molecule has 0 radical (unpaired) electrons. The van der Waals surface area contributed by atoms with E-state index in [9.17, 15) is 4.79 Å². The summed E-state index contributed by atoms with van der Waals surface area (Å²) in [6, 6.07) is 12.9. The average molecular weight is 330 g/mol. The molecule has 3 nitrogen and oxygen atoms in total. The number of hydrogen-bond donors (Lipinski definition) is 0. The van der Waals surface area contributed by atoms with Gasteiger partial charge in [-0.1, -0.05) is 22.0 Å². The van der Waals surface area contributed by atoms with Crippen LogP contribution in [0.2, 0.25) is 0 Å². The lowest BCUT2D eigenvalue weighted by Gasteiger charge is -2.10. The Bertz CT molecular complexity index is 689. The number of benzene rings is 2. The molecule has 0 aliphatic carbocycles. The van der Waals surface area contributed by atoms with Crippen molar-refractivity contribution in [2.24, 2.45) is 0 Å². The molecule has 0 fully saturated rings. The van der Waals surface area contributed by atoms with Crippen molar-refractivity contribution >= 4 is 22.2 Å². The van der Waals surface area contributed by atoms with E-state index in [1.807, 2.05) is 19.1 Å². The molecular formula is C16H12BrNO2. The second-order valence-corrected chi connectivity index (χ2v) is 5.20. The fourth-order valence-electron chi connectivity index (χ4n) is 1.79. The van der Waals surface area contributed by atoms with E-state index in [0.29, 0.717) is 23.5 Å². The third kappa shape index (κ3) is 3.25. The van der Waals surface area contributed by atoms with Crippen LogP contribution >= 0.6 is 15.9 Å². The number of carbonyl (C=O) groups excluding carboxylic acids is 1. The molecule has 2 aromatic carbocycles. The lowest BCUT2D eigenvalue weighted by molar-refractivity contribution is 0.112. The first-order chi connectivity index (χ1) is 9.63. The molecule has 0 spiro atoms. The van der Waals surface area contributed by atoms with Crippen LogP contribution in [0.5, 0.6) is 5.75 Å². The molecule has 0 N–H and O–H groups in total. The molecule has 0 saturated carbocycles. The van der Waals surface area contributed by atoms with Gasteiger partial charge in [0.15, 0.2) is 6.29 Å². The smallest absolute Gasteiger partial charge is 0.151 e. The van der Waals surface area contributed by atoms with Gasteiger partial charge >= 0.3 is 0 Å². The highest BCUT2D eigenvalue weighted by molar-refractivity contribution is 9.10. The second kappa shape index (κ2) is 6.36. The highest BCUT2D eigenvalue weighted by atomic mass is 79.9. The quantitative estimate of drug-likeness (QED) is 0.796. The van der Waals surface area contributed by atoms with Gasteiger partial charge < -0.3 is 4.74 Å². The summed E-state index contributed by atoms with van der Waals surface area (Å²) < 4.78 is 6.43. The van der Waals surface area contributed by atoms with Gasteiger partial charge in [-0.25, -0.2) is 0 Å². The minimum absolute atomic E-state index is 0.400. The molecule has 4 heteroatoms. The van der Waals surface area contributed by atoms with Crippen molar-refractivity contribution < 1.29 is 9.53 Å². The van der Waals surface area contributed by atoms with Crippen LogP contribution in [0.15, 0.2) is 40.9 Å². The van der Waals surface area contributed by atoms with Crippen LogP contribution in [-0.4, -0.2) is 6.29 Å². The van der Waals surface area contributed by atoms with Gasteiger partial charge in [-0.15, -0.1) is 0 Å². The predicted molar refractivity (Wildman–Crippen MR) is 79.8 cm³/mol. The highest BCUT2D eigenvalue weighted by Gasteiger charge is 2.04. The minimum atomic E-state index is 0.400. The average Bonchev–Trinajstić information content (AvgIpc) is 2.47. The van der Waals surface area contributed by atoms with E-state index >= 15 is 0 Å². The number of halogens is 1. The van der Waals surface area contributed by atoms with E-state index in [4.69, 9.17) is 10.00 Å². The lowest BCUT2D eigenvalue weighted by atomic mass is 10.1. The van der Waals surface area contributed by atoms with Crippen LogP contribution in [-0.2, 0) is 6.61 Å². The maximum absolute atomic E-state index is 10.9. The maximum Gasteiger partial charge on any atom is 0.151 e. The summed E-state index contributed by atoms with van der Waals surface area (Å²) in [6.07, 6.45) is 0.782. The zero-order valence-corrected chi connectivity index (χ0v) is 12.5. The van der Waals surface area contributed by atoms with Crippen molar-refractivity contribution in [3.8, 4) is 11.8 Å². The molecule has 20 heavy (non-hydrogen) atoms. The number of nitrogens with zero attached hydrogens (tertiary/aromatic N) is 1. The molecule has 0 aliphatic heterocycles. The van der Waals surface area contributed by atoms with Gasteiger partial charge in [0, 0.05) is 10.0 Å². The van der Waals surface area contributed by atoms with Crippen LogP contribution in [0.25, 0.3) is 0 Å². The second-order valence-electron chi connectivity index (χ2n) is 4.34. The number of aldehydes is 1. The predicted octanol–water partition coefficient (Wildman–Crippen LogP) is 4.02. The Hall–Kier alpha value is -2.12. The Kier molecular flexibility index (Phi) is 4.54. The summed E-state index contributed by atoms with van der Waals surface area (Å²) in [4.78, 5) is 10.9. The van der Waals surface area contributed by atoms with Gasteiger partial charge in [0.05, 0.1) is 11.6 Å². The molecule has 0 amide bonds. The fourth-order valence-corrected chi connectivity index (χ4v) is 2.13. The number of nitriles is 1. The molecule has 0 unspecified atom stereocenters. The van der Waals surface area contributed by atoms with Crippen LogP contribution in [0.1, 0.15) is 27.0 Å². The first-order valence-electron chi connectivity index (χ1n) is 6.01. The number of hydrogen-bond acceptors (Lipinski definition) is 3. The molecule has 0 bridgehead atoms. The Balaban J connectivity index is 2.13. The van der Waals surface area contributed by atoms with Crippen LogP contribution in [0, 0.1) is 18.3 Å². The number of ether oxygens (including phenoxy) is 1. The van der Waals surface area contributed by atoms with Gasteiger partial charge in [-0.3, -0.25) is 4.79 Å². The highest BCUT2D eigenvalue weighted by Crippen LogP contribution is 2.22. The molecule has 0 heterocycles. The minimum Gasteiger partial charge on any atom is -0.489 e. The summed E-state index contributed by atoms with van der Waals surface area (Å²) in [5, 5.41) is 8.83. The first kappa shape index (κ1) is 14.3. The third-order valence-corrected chi connectivity index (χ3v) is 3.68. The topological polar surface area (TPSA) is 50.1 Å². The van der Waals surface area contributed by atoms with Crippen molar-refractivity contribution in [1.29, 1.82) is 5.26 Å². The molecule has 0 saturated heterocycles. The van der Waals surface area contributed by atoms with Crippen molar-refractivity contribution in [1.82, 2.24) is 0 Å². The van der Waals surface area contributed by atoms with Crippen LogP contribution < -0.4 is 4.74 Å². The van der Waals surface area contributed by atoms with Crippen molar-refractivity contribution in [2.45, 2.75) is 13.5 Å². The van der Waals surface area contributed by atoms with E-state index in [-0.39, 0.29) is 0 Å². The molecule has 0 atom stereocenters. The Labute approximate surface area is 125 Å². The normalized spacial score (nSPS) is 9.85. The van der Waals surface area contributed by atoms with E-state index in [2.05, 4.69) is 22.0 Å².